The Morgan fingerprint density at radius 3 is 2.67 bits per heavy atom. The van der Waals surface area contributed by atoms with E-state index in [1.807, 2.05) is 28.8 Å². The summed E-state index contributed by atoms with van der Waals surface area (Å²) in [6.45, 7) is 5.61. The maximum atomic E-state index is 12.4. The summed E-state index contributed by atoms with van der Waals surface area (Å²) in [5, 5.41) is 3.38. The van der Waals surface area contributed by atoms with Gasteiger partial charge in [-0.15, -0.1) is 0 Å². The van der Waals surface area contributed by atoms with E-state index in [1.54, 1.807) is 7.11 Å². The predicted molar refractivity (Wildman–Crippen MR) is 97.6 cm³/mol. The summed E-state index contributed by atoms with van der Waals surface area (Å²) in [4.78, 5) is 17.4. The molecule has 1 aromatic heterocycles. The van der Waals surface area contributed by atoms with Gasteiger partial charge in [0, 0.05) is 12.6 Å². The van der Waals surface area contributed by atoms with Crippen molar-refractivity contribution in [2.45, 2.75) is 32.9 Å². The van der Waals surface area contributed by atoms with Crippen molar-refractivity contribution in [3.63, 3.8) is 0 Å². The first-order valence-corrected chi connectivity index (χ1v) is 8.46. The Bertz CT molecular complexity index is 841. The lowest BCUT2D eigenvalue weighted by Gasteiger charge is -2.34. The number of methoxy groups -OCH3 is 1. The highest BCUT2D eigenvalue weighted by Crippen LogP contribution is 2.25. The molecule has 0 unspecified atom stereocenters. The number of rotatable bonds is 4. The van der Waals surface area contributed by atoms with Crippen molar-refractivity contribution < 1.29 is 4.74 Å². The fraction of sp³-hybridized carbons (Fsp3) is 0.412. The number of aromatic amines is 1. The summed E-state index contributed by atoms with van der Waals surface area (Å²) >= 11 is 5.39. The summed E-state index contributed by atoms with van der Waals surface area (Å²) in [5.74, 6) is 1.55. The molecule has 0 bridgehead atoms. The number of nitrogens with zero attached hydrogens (tertiary/aromatic N) is 2. The van der Waals surface area contributed by atoms with Crippen LogP contribution in [0.5, 0.6) is 5.75 Å². The predicted octanol–water partition coefficient (Wildman–Crippen LogP) is 2.89. The molecule has 0 saturated heterocycles. The molecule has 0 fully saturated rings. The third-order valence-corrected chi connectivity index (χ3v) is 4.85. The fourth-order valence-corrected chi connectivity index (χ4v) is 3.18. The number of hydrogen-bond acceptors (Lipinski definition) is 5. The van der Waals surface area contributed by atoms with Gasteiger partial charge in [0.2, 0.25) is 0 Å². The number of anilines is 1. The van der Waals surface area contributed by atoms with Crippen molar-refractivity contribution in [1.82, 2.24) is 14.5 Å². The van der Waals surface area contributed by atoms with Crippen LogP contribution in [-0.4, -0.2) is 34.3 Å². The minimum absolute atomic E-state index is 0.125. The normalized spacial score (nSPS) is 15.5. The molecule has 0 saturated carbocycles. The van der Waals surface area contributed by atoms with Crippen LogP contribution >= 0.6 is 12.2 Å². The molecule has 3 rings (SSSR count). The molecule has 0 radical (unpaired) electrons. The van der Waals surface area contributed by atoms with E-state index < -0.39 is 0 Å². The third kappa shape index (κ3) is 2.97. The summed E-state index contributed by atoms with van der Waals surface area (Å²) in [5.41, 5.74) is 1.48. The molecule has 0 aliphatic carbocycles. The Kier molecular flexibility index (Phi) is 4.73. The van der Waals surface area contributed by atoms with Gasteiger partial charge in [0.25, 0.3) is 5.56 Å². The van der Waals surface area contributed by atoms with E-state index >= 15 is 0 Å². The van der Waals surface area contributed by atoms with Crippen molar-refractivity contribution >= 4 is 18.0 Å². The average Bonchev–Trinajstić information content (AvgIpc) is 2.61. The molecule has 128 valence electrons. The van der Waals surface area contributed by atoms with Crippen LogP contribution in [0.2, 0.25) is 0 Å². The molecule has 2 N–H and O–H groups in total. The van der Waals surface area contributed by atoms with Gasteiger partial charge in [-0.25, -0.2) is 0 Å². The van der Waals surface area contributed by atoms with Gasteiger partial charge in [0.05, 0.1) is 25.0 Å². The summed E-state index contributed by atoms with van der Waals surface area (Å²) in [7, 11) is 1.63. The van der Waals surface area contributed by atoms with E-state index in [0.717, 1.165) is 23.7 Å². The minimum atomic E-state index is -0.125. The van der Waals surface area contributed by atoms with Crippen molar-refractivity contribution in [2.75, 3.05) is 19.1 Å². The van der Waals surface area contributed by atoms with Gasteiger partial charge >= 0.3 is 0 Å². The summed E-state index contributed by atoms with van der Waals surface area (Å²) in [6, 6.07) is 8.01. The Hall–Kier alpha value is -2.12. The van der Waals surface area contributed by atoms with Crippen molar-refractivity contribution in [3.05, 3.63) is 45.0 Å². The van der Waals surface area contributed by atoms with Crippen LogP contribution < -0.4 is 15.6 Å². The van der Waals surface area contributed by atoms with Gasteiger partial charge in [-0.05, 0) is 49.8 Å². The van der Waals surface area contributed by atoms with Gasteiger partial charge in [0.1, 0.15) is 11.6 Å². The number of benzene rings is 1. The third-order valence-electron chi connectivity index (χ3n) is 4.56. The van der Waals surface area contributed by atoms with Crippen molar-refractivity contribution in [1.29, 1.82) is 0 Å². The van der Waals surface area contributed by atoms with Crippen LogP contribution in [0, 0.1) is 4.77 Å². The molecular weight excluding hydrogens is 324 g/mol. The van der Waals surface area contributed by atoms with Crippen molar-refractivity contribution in [2.24, 2.45) is 0 Å². The maximum Gasteiger partial charge on any atom is 0.258 e. The monoisotopic (exact) mass is 346 g/mol. The number of aromatic nitrogens is 2. The molecule has 1 atom stereocenters. The van der Waals surface area contributed by atoms with Crippen LogP contribution in [0.25, 0.3) is 5.69 Å². The van der Waals surface area contributed by atoms with Crippen LogP contribution in [0.4, 0.5) is 5.82 Å². The van der Waals surface area contributed by atoms with Gasteiger partial charge in [-0.3, -0.25) is 19.2 Å². The zero-order chi connectivity index (χ0) is 17.3. The maximum absolute atomic E-state index is 12.4. The zero-order valence-electron chi connectivity index (χ0n) is 14.1. The van der Waals surface area contributed by atoms with E-state index in [9.17, 15) is 4.79 Å². The first-order valence-electron chi connectivity index (χ1n) is 8.05. The number of hydrogen-bond donors (Lipinski definition) is 2. The second-order valence-electron chi connectivity index (χ2n) is 5.96. The number of nitrogens with one attached hydrogen (secondary N) is 2. The average molecular weight is 346 g/mol. The van der Waals surface area contributed by atoms with E-state index in [1.165, 1.54) is 0 Å². The van der Waals surface area contributed by atoms with Crippen LogP contribution in [0.3, 0.4) is 0 Å². The fourth-order valence-electron chi connectivity index (χ4n) is 2.89. The molecule has 2 heterocycles. The first kappa shape index (κ1) is 16.7. The van der Waals surface area contributed by atoms with Gasteiger partial charge in [-0.1, -0.05) is 6.92 Å². The molecule has 0 amide bonds. The lowest BCUT2D eigenvalue weighted by Crippen LogP contribution is -2.43. The Morgan fingerprint density at radius 1 is 1.33 bits per heavy atom. The standard InChI is InChI=1S/C17H22N4O2S/c1-4-11(2)20-9-14-15(18-10-20)21(17(24)19-16(14)22)12-5-7-13(23-3)8-6-12/h5-8,11,18H,4,9-10H2,1-3H3,(H,19,22,24)/t11-/m0/s1. The molecule has 7 heteroatoms. The molecule has 6 nitrogen and oxygen atoms in total. The smallest absolute Gasteiger partial charge is 0.258 e. The van der Waals surface area contributed by atoms with Crippen LogP contribution in [0.1, 0.15) is 25.8 Å². The molecule has 1 aliphatic heterocycles. The number of H-pyrrole nitrogens is 1. The molecular formula is C17H22N4O2S. The Balaban J connectivity index is 2.09. The Morgan fingerprint density at radius 2 is 2.04 bits per heavy atom. The van der Waals surface area contributed by atoms with Crippen molar-refractivity contribution in [3.8, 4) is 11.4 Å². The zero-order valence-corrected chi connectivity index (χ0v) is 14.9. The Labute approximate surface area is 146 Å². The quantitative estimate of drug-likeness (QED) is 0.834. The highest BCUT2D eigenvalue weighted by Gasteiger charge is 2.24. The first-order chi connectivity index (χ1) is 11.5. The van der Waals surface area contributed by atoms with E-state index in [-0.39, 0.29) is 5.56 Å². The highest BCUT2D eigenvalue weighted by molar-refractivity contribution is 7.71. The molecule has 0 spiro atoms. The van der Waals surface area contributed by atoms with Crippen LogP contribution in [-0.2, 0) is 6.54 Å². The summed E-state index contributed by atoms with van der Waals surface area (Å²) < 4.78 is 7.46. The SMILES string of the molecule is CC[C@H](C)N1CNc2c(c(=O)[nH]c(=S)n2-c2ccc(OC)cc2)C1. The van der Waals surface area contributed by atoms with Gasteiger partial charge in [0.15, 0.2) is 4.77 Å². The number of fused-ring (bicyclic) bond motifs is 1. The molecule has 2 aromatic rings. The number of ether oxygens (including phenoxy) is 1. The van der Waals surface area contributed by atoms with E-state index in [0.29, 0.717) is 29.6 Å². The minimum Gasteiger partial charge on any atom is -0.497 e. The second-order valence-corrected chi connectivity index (χ2v) is 6.35. The molecule has 1 aromatic carbocycles. The topological polar surface area (TPSA) is 62.3 Å². The summed E-state index contributed by atoms with van der Waals surface area (Å²) in [6.07, 6.45) is 1.03. The molecule has 24 heavy (non-hydrogen) atoms. The lowest BCUT2D eigenvalue weighted by molar-refractivity contribution is 0.200. The largest absolute Gasteiger partial charge is 0.497 e. The van der Waals surface area contributed by atoms with Gasteiger partial charge < -0.3 is 10.1 Å². The second kappa shape index (κ2) is 6.78. The van der Waals surface area contributed by atoms with E-state index in [2.05, 4.69) is 29.0 Å². The van der Waals surface area contributed by atoms with Gasteiger partial charge in [-0.2, -0.15) is 0 Å². The van der Waals surface area contributed by atoms with Crippen LogP contribution in [0.15, 0.2) is 29.1 Å². The highest BCUT2D eigenvalue weighted by atomic mass is 32.1. The lowest BCUT2D eigenvalue weighted by atomic mass is 10.1. The molecule has 1 aliphatic rings. The van der Waals surface area contributed by atoms with E-state index in [4.69, 9.17) is 17.0 Å².